The van der Waals surface area contributed by atoms with Crippen molar-refractivity contribution in [3.63, 3.8) is 0 Å². The molecule has 1 aliphatic carbocycles. The van der Waals surface area contributed by atoms with E-state index in [1.165, 1.54) is 0 Å². The Bertz CT molecular complexity index is 555. The summed E-state index contributed by atoms with van der Waals surface area (Å²) in [5.74, 6) is 0.378. The molecule has 8 heteroatoms. The highest BCUT2D eigenvalue weighted by atomic mass is 32.2. The molecule has 1 aromatic rings. The molecule has 1 heterocycles. The number of rotatable bonds is 6. The maximum atomic E-state index is 12.0. The van der Waals surface area contributed by atoms with Gasteiger partial charge in [0.2, 0.25) is 15.9 Å². The molecule has 0 atom stereocenters. The van der Waals surface area contributed by atoms with Crippen molar-refractivity contribution in [1.82, 2.24) is 15.2 Å². The fourth-order valence-corrected chi connectivity index (χ4v) is 3.15. The molecular formula is C11H17N3O4S. The smallest absolute Gasteiger partial charge is 0.246 e. The number of amides is 1. The maximum Gasteiger partial charge on any atom is 0.246 e. The Kier molecular flexibility index (Phi) is 3.91. The lowest BCUT2D eigenvalue weighted by molar-refractivity contribution is -0.122. The van der Waals surface area contributed by atoms with Gasteiger partial charge in [-0.1, -0.05) is 5.16 Å². The van der Waals surface area contributed by atoms with Crippen LogP contribution in [-0.4, -0.2) is 32.6 Å². The van der Waals surface area contributed by atoms with Crippen molar-refractivity contribution in [1.29, 1.82) is 0 Å². The van der Waals surface area contributed by atoms with E-state index < -0.39 is 10.0 Å². The molecule has 0 aromatic carbocycles. The number of sulfonamides is 1. The SMILES string of the molecule is Cc1noc(C)c1S(=O)(=O)NCCNC(=O)C1CC1. The van der Waals surface area contributed by atoms with Gasteiger partial charge in [0.25, 0.3) is 0 Å². The van der Waals surface area contributed by atoms with Crippen LogP contribution in [-0.2, 0) is 14.8 Å². The fraction of sp³-hybridized carbons (Fsp3) is 0.636. The van der Waals surface area contributed by atoms with Crippen LogP contribution in [0.1, 0.15) is 24.3 Å². The predicted molar refractivity (Wildman–Crippen MR) is 66.9 cm³/mol. The highest BCUT2D eigenvalue weighted by Crippen LogP contribution is 2.28. The van der Waals surface area contributed by atoms with Crippen molar-refractivity contribution >= 4 is 15.9 Å². The number of carbonyl (C=O) groups excluding carboxylic acids is 1. The Labute approximate surface area is 111 Å². The average molecular weight is 287 g/mol. The molecule has 1 fully saturated rings. The molecule has 2 N–H and O–H groups in total. The molecule has 1 aromatic heterocycles. The van der Waals surface area contributed by atoms with Crippen LogP contribution < -0.4 is 10.0 Å². The van der Waals surface area contributed by atoms with Crippen LogP contribution in [0.25, 0.3) is 0 Å². The van der Waals surface area contributed by atoms with Gasteiger partial charge in [-0.3, -0.25) is 4.79 Å². The van der Waals surface area contributed by atoms with Gasteiger partial charge in [-0.05, 0) is 26.7 Å². The molecule has 1 aliphatic rings. The van der Waals surface area contributed by atoms with Crippen LogP contribution in [0.2, 0.25) is 0 Å². The van der Waals surface area contributed by atoms with Crippen LogP contribution in [0.3, 0.4) is 0 Å². The summed E-state index contributed by atoms with van der Waals surface area (Å²) in [6, 6.07) is 0. The van der Waals surface area contributed by atoms with Crippen LogP contribution in [0.4, 0.5) is 0 Å². The second kappa shape index (κ2) is 5.30. The Hall–Kier alpha value is -1.41. The number of nitrogens with zero attached hydrogens (tertiary/aromatic N) is 1. The quantitative estimate of drug-likeness (QED) is 0.722. The van der Waals surface area contributed by atoms with Crippen molar-refractivity contribution in [3.05, 3.63) is 11.5 Å². The number of aryl methyl sites for hydroxylation is 2. The van der Waals surface area contributed by atoms with Crippen LogP contribution in [0.15, 0.2) is 9.42 Å². The van der Waals surface area contributed by atoms with E-state index in [2.05, 4.69) is 15.2 Å². The summed E-state index contributed by atoms with van der Waals surface area (Å²) in [5, 5.41) is 6.29. The summed E-state index contributed by atoms with van der Waals surface area (Å²) in [7, 11) is -3.64. The molecule has 2 rings (SSSR count). The number of carbonyl (C=O) groups is 1. The van der Waals surface area contributed by atoms with Gasteiger partial charge in [0.05, 0.1) is 0 Å². The minimum absolute atomic E-state index is 0.00321. The summed E-state index contributed by atoms with van der Waals surface area (Å²) in [6.45, 7) is 3.53. The molecule has 0 aliphatic heterocycles. The zero-order chi connectivity index (χ0) is 14.0. The zero-order valence-corrected chi connectivity index (χ0v) is 11.7. The molecule has 1 amide bonds. The lowest BCUT2D eigenvalue weighted by Gasteiger charge is -2.07. The monoisotopic (exact) mass is 287 g/mol. The van der Waals surface area contributed by atoms with Gasteiger partial charge in [0, 0.05) is 19.0 Å². The lowest BCUT2D eigenvalue weighted by Crippen LogP contribution is -2.35. The van der Waals surface area contributed by atoms with E-state index in [1.807, 2.05) is 0 Å². The van der Waals surface area contributed by atoms with E-state index in [1.54, 1.807) is 13.8 Å². The summed E-state index contributed by atoms with van der Waals surface area (Å²) in [6.07, 6.45) is 1.85. The van der Waals surface area contributed by atoms with E-state index in [4.69, 9.17) is 4.52 Å². The minimum Gasteiger partial charge on any atom is -0.360 e. The second-order valence-electron chi connectivity index (χ2n) is 4.62. The average Bonchev–Trinajstić information content (AvgIpc) is 3.11. The van der Waals surface area contributed by atoms with Gasteiger partial charge in [-0.2, -0.15) is 0 Å². The molecular weight excluding hydrogens is 270 g/mol. The maximum absolute atomic E-state index is 12.0. The molecule has 0 spiro atoms. The van der Waals surface area contributed by atoms with Gasteiger partial charge >= 0.3 is 0 Å². The first-order valence-corrected chi connectivity index (χ1v) is 7.60. The van der Waals surface area contributed by atoms with Crippen molar-refractivity contribution in [2.45, 2.75) is 31.6 Å². The third kappa shape index (κ3) is 3.32. The first kappa shape index (κ1) is 14.0. The number of aromatic nitrogens is 1. The molecule has 0 radical (unpaired) electrons. The second-order valence-corrected chi connectivity index (χ2v) is 6.32. The lowest BCUT2D eigenvalue weighted by atomic mass is 10.4. The van der Waals surface area contributed by atoms with Crippen molar-refractivity contribution in [3.8, 4) is 0 Å². The van der Waals surface area contributed by atoms with E-state index in [0.717, 1.165) is 12.8 Å². The van der Waals surface area contributed by atoms with Crippen LogP contribution >= 0.6 is 0 Å². The largest absolute Gasteiger partial charge is 0.360 e. The number of hydrogen-bond acceptors (Lipinski definition) is 5. The topological polar surface area (TPSA) is 101 Å². The third-order valence-corrected chi connectivity index (χ3v) is 4.61. The molecule has 0 bridgehead atoms. The summed E-state index contributed by atoms with van der Waals surface area (Å²) in [4.78, 5) is 11.4. The van der Waals surface area contributed by atoms with E-state index in [0.29, 0.717) is 5.69 Å². The van der Waals surface area contributed by atoms with Crippen LogP contribution in [0, 0.1) is 19.8 Å². The Morgan fingerprint density at radius 1 is 1.37 bits per heavy atom. The molecule has 106 valence electrons. The normalized spacial score (nSPS) is 15.5. The van der Waals surface area contributed by atoms with Crippen molar-refractivity contribution in [2.24, 2.45) is 5.92 Å². The standard InChI is InChI=1S/C11H17N3O4S/c1-7-10(8(2)18-14-7)19(16,17)13-6-5-12-11(15)9-3-4-9/h9,13H,3-6H2,1-2H3,(H,12,15). The van der Waals surface area contributed by atoms with E-state index in [9.17, 15) is 13.2 Å². The molecule has 19 heavy (non-hydrogen) atoms. The first-order valence-electron chi connectivity index (χ1n) is 6.12. The number of nitrogens with one attached hydrogen (secondary N) is 2. The number of hydrogen-bond donors (Lipinski definition) is 2. The Morgan fingerprint density at radius 2 is 2.05 bits per heavy atom. The predicted octanol–water partition coefficient (Wildman–Crippen LogP) is 0.0959. The summed E-state index contributed by atoms with van der Waals surface area (Å²) >= 11 is 0. The molecule has 7 nitrogen and oxygen atoms in total. The van der Waals surface area contributed by atoms with Crippen molar-refractivity contribution < 1.29 is 17.7 Å². The van der Waals surface area contributed by atoms with Gasteiger partial charge in [-0.15, -0.1) is 0 Å². The Morgan fingerprint density at radius 3 is 2.58 bits per heavy atom. The summed E-state index contributed by atoms with van der Waals surface area (Å²) < 4.78 is 31.2. The molecule has 0 unspecified atom stereocenters. The van der Waals surface area contributed by atoms with Gasteiger partial charge in [0.15, 0.2) is 5.76 Å². The molecule has 0 saturated heterocycles. The fourth-order valence-electron chi connectivity index (χ4n) is 1.79. The van der Waals surface area contributed by atoms with Crippen molar-refractivity contribution in [2.75, 3.05) is 13.1 Å². The van der Waals surface area contributed by atoms with Gasteiger partial charge < -0.3 is 9.84 Å². The van der Waals surface area contributed by atoms with E-state index >= 15 is 0 Å². The van der Waals surface area contributed by atoms with E-state index in [-0.39, 0.29) is 35.6 Å². The highest BCUT2D eigenvalue weighted by Gasteiger charge is 2.29. The highest BCUT2D eigenvalue weighted by molar-refractivity contribution is 7.89. The molecule has 1 saturated carbocycles. The zero-order valence-electron chi connectivity index (χ0n) is 10.9. The van der Waals surface area contributed by atoms with Crippen LogP contribution in [0.5, 0.6) is 0 Å². The summed E-state index contributed by atoms with van der Waals surface area (Å²) in [5.41, 5.74) is 0.326. The van der Waals surface area contributed by atoms with Gasteiger partial charge in [0.1, 0.15) is 10.6 Å². The minimum atomic E-state index is -3.64. The third-order valence-electron chi connectivity index (χ3n) is 2.90. The Balaban J connectivity index is 1.86. The van der Waals surface area contributed by atoms with Gasteiger partial charge in [-0.25, -0.2) is 13.1 Å². The first-order chi connectivity index (χ1) is 8.92.